The van der Waals surface area contributed by atoms with E-state index in [0.29, 0.717) is 29.2 Å². The minimum atomic E-state index is -0.471. The molecule has 31 heavy (non-hydrogen) atoms. The molecule has 9 heteroatoms. The second-order valence-corrected chi connectivity index (χ2v) is 7.42. The van der Waals surface area contributed by atoms with Gasteiger partial charge < -0.3 is 15.4 Å². The van der Waals surface area contributed by atoms with Gasteiger partial charge in [-0.2, -0.15) is 0 Å². The molecule has 1 aliphatic rings. The normalized spacial score (nSPS) is 16.0. The van der Waals surface area contributed by atoms with Crippen LogP contribution in [0.2, 0.25) is 0 Å². The molecule has 164 valence electrons. The first kappa shape index (κ1) is 22.2. The highest BCUT2D eigenvalue weighted by Gasteiger charge is 2.30. The van der Waals surface area contributed by atoms with Gasteiger partial charge in [0.1, 0.15) is 5.75 Å². The molecule has 1 fully saturated rings. The molecule has 3 rings (SSSR count). The van der Waals surface area contributed by atoms with Crippen molar-refractivity contribution in [1.29, 1.82) is 0 Å². The average Bonchev–Trinajstić information content (AvgIpc) is 3.23. The second-order valence-electron chi connectivity index (χ2n) is 7.42. The molecule has 1 atom stereocenters. The topological polar surface area (TPSA) is 114 Å². The first-order chi connectivity index (χ1) is 14.9. The van der Waals surface area contributed by atoms with Gasteiger partial charge in [-0.25, -0.2) is 0 Å². The molecule has 9 nitrogen and oxygen atoms in total. The number of hydrogen-bond donors (Lipinski definition) is 2. The van der Waals surface area contributed by atoms with Gasteiger partial charge in [0.25, 0.3) is 5.69 Å². The van der Waals surface area contributed by atoms with E-state index in [1.807, 2.05) is 4.90 Å². The quantitative estimate of drug-likeness (QED) is 0.494. The third-order valence-corrected chi connectivity index (χ3v) is 5.43. The summed E-state index contributed by atoms with van der Waals surface area (Å²) in [6.07, 6.45) is 1.80. The minimum absolute atomic E-state index is 0.0346. The summed E-state index contributed by atoms with van der Waals surface area (Å²) in [4.78, 5) is 37.7. The summed E-state index contributed by atoms with van der Waals surface area (Å²) in [6.45, 7) is 2.78. The van der Waals surface area contributed by atoms with Crippen LogP contribution in [0.1, 0.15) is 24.8 Å². The highest BCUT2D eigenvalue weighted by atomic mass is 16.6. The van der Waals surface area contributed by atoms with Crippen molar-refractivity contribution >= 4 is 28.9 Å². The predicted molar refractivity (Wildman–Crippen MR) is 117 cm³/mol. The highest BCUT2D eigenvalue weighted by molar-refractivity contribution is 5.95. The number of nitro groups is 1. The van der Waals surface area contributed by atoms with Gasteiger partial charge in [-0.05, 0) is 56.6 Å². The van der Waals surface area contributed by atoms with Crippen molar-refractivity contribution in [1.82, 2.24) is 4.90 Å². The predicted octanol–water partition coefficient (Wildman–Crippen LogP) is 3.34. The molecule has 1 aliphatic heterocycles. The lowest BCUT2D eigenvalue weighted by Crippen LogP contribution is -2.40. The Labute approximate surface area is 180 Å². The molecule has 0 saturated carbocycles. The van der Waals surface area contributed by atoms with Crippen molar-refractivity contribution < 1.29 is 19.2 Å². The summed E-state index contributed by atoms with van der Waals surface area (Å²) in [5, 5.41) is 16.7. The molecular weight excluding hydrogens is 400 g/mol. The maximum absolute atomic E-state index is 12.7. The Bertz CT molecular complexity index is 961. The van der Waals surface area contributed by atoms with E-state index >= 15 is 0 Å². The number of ether oxygens (including phenoxy) is 1. The summed E-state index contributed by atoms with van der Waals surface area (Å²) in [5.41, 5.74) is 1.50. The number of likely N-dealkylation sites (tertiary alicyclic amines) is 1. The standard InChI is InChI=1S/C22H26N4O5/c1-15-18(5-3-6-19(15)26(29)30)24-21(27)12-14-25-13-4-7-20(25)22(28)23-16-8-10-17(31-2)11-9-16/h3,5-6,8-11,20H,4,7,12-14H2,1-2H3,(H,23,28)(H,24,27). The Kier molecular flexibility index (Phi) is 7.19. The number of carbonyl (C=O) groups is 2. The van der Waals surface area contributed by atoms with E-state index in [1.54, 1.807) is 50.4 Å². The van der Waals surface area contributed by atoms with E-state index < -0.39 is 4.92 Å². The van der Waals surface area contributed by atoms with Crippen molar-refractivity contribution in [3.63, 3.8) is 0 Å². The molecule has 2 amide bonds. The van der Waals surface area contributed by atoms with E-state index in [0.717, 1.165) is 19.4 Å². The number of anilines is 2. The number of hydrogen-bond acceptors (Lipinski definition) is 6. The van der Waals surface area contributed by atoms with Crippen molar-refractivity contribution in [3.05, 3.63) is 58.1 Å². The van der Waals surface area contributed by atoms with Gasteiger partial charge in [-0.3, -0.25) is 24.6 Å². The van der Waals surface area contributed by atoms with E-state index in [4.69, 9.17) is 4.74 Å². The van der Waals surface area contributed by atoms with Crippen LogP contribution in [-0.4, -0.2) is 47.9 Å². The van der Waals surface area contributed by atoms with Crippen LogP contribution >= 0.6 is 0 Å². The molecule has 0 aromatic heterocycles. The van der Waals surface area contributed by atoms with Crippen LogP contribution in [0.4, 0.5) is 17.1 Å². The molecule has 0 spiro atoms. The Morgan fingerprint density at radius 1 is 1.19 bits per heavy atom. The number of nitrogens with one attached hydrogen (secondary N) is 2. The molecule has 1 saturated heterocycles. The number of amides is 2. The van der Waals surface area contributed by atoms with Gasteiger partial charge in [0.2, 0.25) is 11.8 Å². The van der Waals surface area contributed by atoms with Crippen molar-refractivity contribution in [2.75, 3.05) is 30.8 Å². The lowest BCUT2D eigenvalue weighted by Gasteiger charge is -2.23. The molecule has 1 heterocycles. The third-order valence-electron chi connectivity index (χ3n) is 5.43. The molecule has 2 aromatic rings. The van der Waals surface area contributed by atoms with Gasteiger partial charge in [0.05, 0.1) is 29.3 Å². The van der Waals surface area contributed by atoms with E-state index in [1.165, 1.54) is 6.07 Å². The Hall–Kier alpha value is -3.46. The van der Waals surface area contributed by atoms with Crippen molar-refractivity contribution in [2.24, 2.45) is 0 Å². The number of nitro benzene ring substituents is 1. The first-order valence-electron chi connectivity index (χ1n) is 10.1. The third kappa shape index (κ3) is 5.58. The summed E-state index contributed by atoms with van der Waals surface area (Å²) in [5.74, 6) is 0.368. The van der Waals surface area contributed by atoms with Crippen LogP contribution in [0, 0.1) is 17.0 Å². The van der Waals surface area contributed by atoms with Gasteiger partial charge in [-0.1, -0.05) is 6.07 Å². The molecule has 2 aromatic carbocycles. The summed E-state index contributed by atoms with van der Waals surface area (Å²) in [7, 11) is 1.58. The number of benzene rings is 2. The molecule has 1 unspecified atom stereocenters. The van der Waals surface area contributed by atoms with E-state index in [2.05, 4.69) is 10.6 Å². The lowest BCUT2D eigenvalue weighted by molar-refractivity contribution is -0.385. The summed E-state index contributed by atoms with van der Waals surface area (Å²) >= 11 is 0. The van der Waals surface area contributed by atoms with Gasteiger partial charge in [0, 0.05) is 24.7 Å². The van der Waals surface area contributed by atoms with Gasteiger partial charge in [0.15, 0.2) is 0 Å². The van der Waals surface area contributed by atoms with Crippen molar-refractivity contribution in [3.8, 4) is 5.75 Å². The molecule has 0 radical (unpaired) electrons. The SMILES string of the molecule is COc1ccc(NC(=O)C2CCCN2CCC(=O)Nc2cccc([N+](=O)[O-])c2C)cc1. The average molecular weight is 426 g/mol. The number of methoxy groups -OCH3 is 1. The van der Waals surface area contributed by atoms with Crippen molar-refractivity contribution in [2.45, 2.75) is 32.2 Å². The fraction of sp³-hybridized carbons (Fsp3) is 0.364. The zero-order chi connectivity index (χ0) is 22.4. The summed E-state index contributed by atoms with van der Waals surface area (Å²) in [6, 6.07) is 11.4. The maximum Gasteiger partial charge on any atom is 0.274 e. The Balaban J connectivity index is 1.54. The number of nitrogens with zero attached hydrogens (tertiary/aromatic N) is 2. The van der Waals surface area contributed by atoms with Crippen LogP contribution in [0.5, 0.6) is 5.75 Å². The number of carbonyl (C=O) groups excluding carboxylic acids is 2. The fourth-order valence-electron chi connectivity index (χ4n) is 3.71. The zero-order valence-electron chi connectivity index (χ0n) is 17.6. The van der Waals surface area contributed by atoms with E-state index in [9.17, 15) is 19.7 Å². The molecular formula is C22H26N4O5. The van der Waals surface area contributed by atoms with E-state index in [-0.39, 0.29) is 30.0 Å². The minimum Gasteiger partial charge on any atom is -0.497 e. The molecule has 2 N–H and O–H groups in total. The van der Waals surface area contributed by atoms with Gasteiger partial charge in [-0.15, -0.1) is 0 Å². The monoisotopic (exact) mass is 426 g/mol. The van der Waals surface area contributed by atoms with Crippen LogP contribution in [0.3, 0.4) is 0 Å². The van der Waals surface area contributed by atoms with Crippen LogP contribution in [0.25, 0.3) is 0 Å². The smallest absolute Gasteiger partial charge is 0.274 e. The molecule has 0 aliphatic carbocycles. The number of rotatable bonds is 8. The maximum atomic E-state index is 12.7. The zero-order valence-corrected chi connectivity index (χ0v) is 17.6. The van der Waals surface area contributed by atoms with Gasteiger partial charge >= 0.3 is 0 Å². The lowest BCUT2D eigenvalue weighted by atomic mass is 10.1. The largest absolute Gasteiger partial charge is 0.497 e. The highest BCUT2D eigenvalue weighted by Crippen LogP contribution is 2.25. The first-order valence-corrected chi connectivity index (χ1v) is 10.1. The second kappa shape index (κ2) is 10.0. The van der Waals surface area contributed by atoms with Crippen LogP contribution in [-0.2, 0) is 9.59 Å². The molecule has 0 bridgehead atoms. The Morgan fingerprint density at radius 3 is 2.61 bits per heavy atom. The van der Waals surface area contributed by atoms with Crippen LogP contribution < -0.4 is 15.4 Å². The summed E-state index contributed by atoms with van der Waals surface area (Å²) < 4.78 is 5.12. The Morgan fingerprint density at radius 2 is 1.94 bits per heavy atom. The fourth-order valence-corrected chi connectivity index (χ4v) is 3.71. The van der Waals surface area contributed by atoms with Crippen LogP contribution in [0.15, 0.2) is 42.5 Å².